The molecule has 1 atom stereocenters. The van der Waals surface area contributed by atoms with E-state index >= 15 is 0 Å². The summed E-state index contributed by atoms with van der Waals surface area (Å²) in [5.74, 6) is -0.504. The summed E-state index contributed by atoms with van der Waals surface area (Å²) in [5.41, 5.74) is 1.32. The molecule has 26 heavy (non-hydrogen) atoms. The molecule has 146 valence electrons. The van der Waals surface area contributed by atoms with Crippen molar-refractivity contribution in [3.05, 3.63) is 35.4 Å². The number of ether oxygens (including phenoxy) is 2. The van der Waals surface area contributed by atoms with E-state index in [2.05, 4.69) is 31.2 Å². The first-order valence-electron chi connectivity index (χ1n) is 9.60. The number of hydrogen-bond donors (Lipinski definition) is 0. The first-order valence-corrected chi connectivity index (χ1v) is 9.60. The van der Waals surface area contributed by atoms with E-state index in [-0.39, 0.29) is 25.2 Å². The molecule has 0 bridgehead atoms. The van der Waals surface area contributed by atoms with Gasteiger partial charge >= 0.3 is 11.9 Å². The van der Waals surface area contributed by atoms with E-state index in [4.69, 9.17) is 9.47 Å². The van der Waals surface area contributed by atoms with Gasteiger partial charge in [-0.3, -0.25) is 9.59 Å². The first-order chi connectivity index (χ1) is 12.2. The smallest absolute Gasteiger partial charge is 0.312 e. The predicted molar refractivity (Wildman–Crippen MR) is 104 cm³/mol. The van der Waals surface area contributed by atoms with Crippen LogP contribution < -0.4 is 0 Å². The van der Waals surface area contributed by atoms with Crippen LogP contribution in [0.1, 0.15) is 65.5 Å². The van der Waals surface area contributed by atoms with E-state index in [0.29, 0.717) is 19.3 Å². The molecule has 0 fully saturated rings. The van der Waals surface area contributed by atoms with Crippen LogP contribution in [0.5, 0.6) is 0 Å². The van der Waals surface area contributed by atoms with Crippen LogP contribution in [0.2, 0.25) is 0 Å². The van der Waals surface area contributed by atoms with E-state index in [1.165, 1.54) is 5.56 Å². The minimum Gasteiger partial charge on any atom is -0.462 e. The largest absolute Gasteiger partial charge is 0.462 e. The van der Waals surface area contributed by atoms with Crippen LogP contribution in [0.4, 0.5) is 0 Å². The number of carbonyl (C=O) groups excluding carboxylic acids is 2. The number of benzene rings is 1. The molecule has 0 saturated carbocycles. The summed E-state index contributed by atoms with van der Waals surface area (Å²) in [6.07, 6.45) is 3.02. The maximum absolute atomic E-state index is 12.6. The molecule has 0 spiro atoms. The Morgan fingerprint density at radius 3 is 1.77 bits per heavy atom. The van der Waals surface area contributed by atoms with Gasteiger partial charge in [-0.25, -0.2) is 0 Å². The molecule has 0 aromatic heterocycles. The van der Waals surface area contributed by atoms with Crippen molar-refractivity contribution in [1.29, 1.82) is 0 Å². The Hall–Kier alpha value is -1.84. The van der Waals surface area contributed by atoms with Gasteiger partial charge in [-0.05, 0) is 57.6 Å². The highest BCUT2D eigenvalue weighted by molar-refractivity contribution is 5.77. The SMILES string of the molecule is CCc1ccc(CC(C)(CC)C(=O)OCCOC(=O)C(C)(C)CC)cc1. The summed E-state index contributed by atoms with van der Waals surface area (Å²) in [6, 6.07) is 8.36. The average Bonchev–Trinajstić information content (AvgIpc) is 2.65. The van der Waals surface area contributed by atoms with E-state index < -0.39 is 10.8 Å². The van der Waals surface area contributed by atoms with Crippen LogP contribution in [0, 0.1) is 10.8 Å². The molecule has 1 aromatic carbocycles. The highest BCUT2D eigenvalue weighted by atomic mass is 16.6. The lowest BCUT2D eigenvalue weighted by Gasteiger charge is -2.26. The Bertz CT molecular complexity index is 589. The lowest BCUT2D eigenvalue weighted by molar-refractivity contribution is -0.163. The van der Waals surface area contributed by atoms with E-state index in [9.17, 15) is 9.59 Å². The topological polar surface area (TPSA) is 52.6 Å². The average molecular weight is 363 g/mol. The molecule has 0 aliphatic heterocycles. The van der Waals surface area contributed by atoms with Crippen LogP contribution >= 0.6 is 0 Å². The number of aryl methyl sites for hydroxylation is 1. The molecule has 4 heteroatoms. The molecule has 0 aliphatic carbocycles. The highest BCUT2D eigenvalue weighted by Crippen LogP contribution is 2.28. The van der Waals surface area contributed by atoms with Crippen LogP contribution in [0.25, 0.3) is 0 Å². The van der Waals surface area contributed by atoms with Gasteiger partial charge in [0.15, 0.2) is 0 Å². The van der Waals surface area contributed by atoms with Crippen LogP contribution in [0.3, 0.4) is 0 Å². The van der Waals surface area contributed by atoms with E-state index in [1.807, 2.05) is 34.6 Å². The van der Waals surface area contributed by atoms with Gasteiger partial charge < -0.3 is 9.47 Å². The third-order valence-electron chi connectivity index (χ3n) is 5.28. The molecule has 0 saturated heterocycles. The normalized spacial score (nSPS) is 13.8. The Morgan fingerprint density at radius 2 is 1.31 bits per heavy atom. The zero-order valence-corrected chi connectivity index (χ0v) is 17.2. The molecule has 0 radical (unpaired) electrons. The quantitative estimate of drug-likeness (QED) is 0.446. The van der Waals surface area contributed by atoms with Crippen molar-refractivity contribution in [3.8, 4) is 0 Å². The van der Waals surface area contributed by atoms with Gasteiger partial charge in [0.1, 0.15) is 13.2 Å². The summed E-state index contributed by atoms with van der Waals surface area (Å²) in [7, 11) is 0. The third-order valence-corrected chi connectivity index (χ3v) is 5.28. The minimum absolute atomic E-state index is 0.0920. The minimum atomic E-state index is -0.583. The van der Waals surface area contributed by atoms with Gasteiger partial charge in [0.2, 0.25) is 0 Å². The monoisotopic (exact) mass is 362 g/mol. The Balaban J connectivity index is 2.55. The Morgan fingerprint density at radius 1 is 0.808 bits per heavy atom. The summed E-state index contributed by atoms with van der Waals surface area (Å²) in [6.45, 7) is 11.9. The van der Waals surface area contributed by atoms with Crippen LogP contribution in [-0.4, -0.2) is 25.2 Å². The van der Waals surface area contributed by atoms with Crippen molar-refractivity contribution >= 4 is 11.9 Å². The third kappa shape index (κ3) is 6.15. The molecule has 1 aromatic rings. The van der Waals surface area contributed by atoms with Crippen molar-refractivity contribution in [1.82, 2.24) is 0 Å². The van der Waals surface area contributed by atoms with Crippen LogP contribution in [0.15, 0.2) is 24.3 Å². The number of hydrogen-bond acceptors (Lipinski definition) is 4. The second-order valence-electron chi connectivity index (χ2n) is 7.77. The van der Waals surface area contributed by atoms with Gasteiger partial charge in [-0.15, -0.1) is 0 Å². The lowest BCUT2D eigenvalue weighted by atomic mass is 9.81. The standard InChI is InChI=1S/C22H34O4/c1-7-17-10-12-18(13-11-17)16-22(6,9-3)20(24)26-15-14-25-19(23)21(4,5)8-2/h10-13H,7-9,14-16H2,1-6H3. The first kappa shape index (κ1) is 22.2. The summed E-state index contributed by atoms with van der Waals surface area (Å²) < 4.78 is 10.6. The van der Waals surface area contributed by atoms with E-state index in [1.54, 1.807) is 0 Å². The van der Waals surface area contributed by atoms with Crippen molar-refractivity contribution in [2.45, 2.75) is 67.2 Å². The molecular weight excluding hydrogens is 328 g/mol. The van der Waals surface area contributed by atoms with Gasteiger partial charge in [0.05, 0.1) is 10.8 Å². The molecule has 0 aliphatic rings. The van der Waals surface area contributed by atoms with Crippen molar-refractivity contribution < 1.29 is 19.1 Å². The van der Waals surface area contributed by atoms with Crippen molar-refractivity contribution in [2.75, 3.05) is 13.2 Å². The molecular formula is C22H34O4. The fraction of sp³-hybridized carbons (Fsp3) is 0.636. The molecule has 0 amide bonds. The molecule has 0 heterocycles. The van der Waals surface area contributed by atoms with Crippen LogP contribution in [-0.2, 0) is 31.9 Å². The molecule has 4 nitrogen and oxygen atoms in total. The van der Waals surface area contributed by atoms with Crippen molar-refractivity contribution in [3.63, 3.8) is 0 Å². The van der Waals surface area contributed by atoms with Gasteiger partial charge in [0.25, 0.3) is 0 Å². The number of esters is 2. The molecule has 1 unspecified atom stereocenters. The maximum atomic E-state index is 12.6. The zero-order valence-electron chi connectivity index (χ0n) is 17.2. The van der Waals surface area contributed by atoms with Gasteiger partial charge in [0, 0.05) is 0 Å². The second-order valence-corrected chi connectivity index (χ2v) is 7.77. The molecule has 1 rings (SSSR count). The maximum Gasteiger partial charge on any atom is 0.312 e. The van der Waals surface area contributed by atoms with Gasteiger partial charge in [-0.1, -0.05) is 45.0 Å². The summed E-state index contributed by atoms with van der Waals surface area (Å²) in [5, 5.41) is 0. The highest BCUT2D eigenvalue weighted by Gasteiger charge is 2.33. The second kappa shape index (κ2) is 9.75. The fourth-order valence-corrected chi connectivity index (χ4v) is 2.47. The number of rotatable bonds is 10. The fourth-order valence-electron chi connectivity index (χ4n) is 2.47. The lowest BCUT2D eigenvalue weighted by Crippen LogP contribution is -2.33. The van der Waals surface area contributed by atoms with E-state index in [0.717, 1.165) is 12.0 Å². The Labute approximate surface area is 158 Å². The number of carbonyl (C=O) groups is 2. The Kier molecular flexibility index (Phi) is 8.32. The van der Waals surface area contributed by atoms with Gasteiger partial charge in [-0.2, -0.15) is 0 Å². The summed E-state index contributed by atoms with van der Waals surface area (Å²) >= 11 is 0. The summed E-state index contributed by atoms with van der Waals surface area (Å²) in [4.78, 5) is 24.5. The molecule has 0 N–H and O–H groups in total. The predicted octanol–water partition coefficient (Wildman–Crippen LogP) is 4.73. The zero-order chi connectivity index (χ0) is 19.8. The van der Waals surface area contributed by atoms with Crippen molar-refractivity contribution in [2.24, 2.45) is 10.8 Å².